The van der Waals surface area contributed by atoms with Gasteiger partial charge in [0.25, 0.3) is 0 Å². The van der Waals surface area contributed by atoms with Crippen molar-refractivity contribution in [3.05, 3.63) is 42.7 Å². The molecular formula is C17H18N8. The van der Waals surface area contributed by atoms with Gasteiger partial charge in [-0.25, -0.2) is 4.98 Å². The van der Waals surface area contributed by atoms with Crippen LogP contribution in [0.15, 0.2) is 42.7 Å². The quantitative estimate of drug-likeness (QED) is 0.563. The summed E-state index contributed by atoms with van der Waals surface area (Å²) in [5.74, 6) is 1.94. The van der Waals surface area contributed by atoms with Gasteiger partial charge in [0.1, 0.15) is 12.1 Å². The van der Waals surface area contributed by atoms with Crippen LogP contribution < -0.4 is 9.80 Å². The molecule has 1 aliphatic rings. The van der Waals surface area contributed by atoms with E-state index in [2.05, 4.69) is 55.9 Å². The van der Waals surface area contributed by atoms with Gasteiger partial charge in [-0.3, -0.25) is 0 Å². The second kappa shape index (κ2) is 5.17. The van der Waals surface area contributed by atoms with Crippen LogP contribution in [0.1, 0.15) is 0 Å². The van der Waals surface area contributed by atoms with Crippen LogP contribution in [0.5, 0.6) is 0 Å². The first-order valence-corrected chi connectivity index (χ1v) is 8.27. The average Bonchev–Trinajstić information content (AvgIpc) is 3.18. The number of para-hydroxylation sites is 2. The number of fused-ring (bicyclic) bond motifs is 2. The largest absolute Gasteiger partial charge is 0.351 e. The van der Waals surface area contributed by atoms with Crippen LogP contribution >= 0.6 is 0 Å². The number of aromatic nitrogens is 6. The van der Waals surface area contributed by atoms with Crippen molar-refractivity contribution in [2.24, 2.45) is 7.05 Å². The van der Waals surface area contributed by atoms with Crippen LogP contribution in [0.2, 0.25) is 0 Å². The number of benzene rings is 1. The van der Waals surface area contributed by atoms with E-state index in [1.54, 1.807) is 10.8 Å². The molecule has 8 heteroatoms. The lowest BCUT2D eigenvalue weighted by Crippen LogP contribution is -2.59. The second-order valence-electron chi connectivity index (χ2n) is 6.45. The predicted octanol–water partition coefficient (Wildman–Crippen LogP) is 1.34. The Morgan fingerprint density at radius 2 is 1.96 bits per heavy atom. The minimum atomic E-state index is 0.411. The third kappa shape index (κ3) is 2.14. The standard InChI is InChI=1S/C17H18N8/c1-22(17-19-13-5-3-4-6-14(13)23(17)2)12-9-24(10-12)16-8-7-15-20-18-11-25(15)21-16/h3-8,11-12H,9-10H2,1-2H3. The molecule has 0 radical (unpaired) electrons. The van der Waals surface area contributed by atoms with E-state index < -0.39 is 0 Å². The lowest BCUT2D eigenvalue weighted by atomic mass is 10.1. The molecule has 4 aromatic rings. The van der Waals surface area contributed by atoms with Crippen LogP contribution in [0.25, 0.3) is 16.7 Å². The molecule has 0 amide bonds. The van der Waals surface area contributed by atoms with Crippen LogP contribution in [-0.2, 0) is 7.05 Å². The molecule has 1 aromatic carbocycles. The number of rotatable bonds is 3. The summed E-state index contributed by atoms with van der Waals surface area (Å²) in [4.78, 5) is 9.29. The van der Waals surface area contributed by atoms with Crippen LogP contribution in [-0.4, -0.2) is 55.5 Å². The van der Waals surface area contributed by atoms with Gasteiger partial charge in [0, 0.05) is 27.2 Å². The zero-order chi connectivity index (χ0) is 17.0. The number of anilines is 2. The Morgan fingerprint density at radius 1 is 1.12 bits per heavy atom. The van der Waals surface area contributed by atoms with Crippen molar-refractivity contribution in [2.75, 3.05) is 29.9 Å². The van der Waals surface area contributed by atoms with Crippen LogP contribution in [0, 0.1) is 0 Å². The highest BCUT2D eigenvalue weighted by molar-refractivity contribution is 5.78. The zero-order valence-corrected chi connectivity index (χ0v) is 14.1. The molecule has 8 nitrogen and oxygen atoms in total. The fourth-order valence-electron chi connectivity index (χ4n) is 3.39. The van der Waals surface area contributed by atoms with Gasteiger partial charge in [-0.2, -0.15) is 4.52 Å². The molecule has 0 aliphatic carbocycles. The molecule has 0 bridgehead atoms. The van der Waals surface area contributed by atoms with E-state index >= 15 is 0 Å². The molecule has 0 unspecified atom stereocenters. The number of nitrogens with zero attached hydrogens (tertiary/aromatic N) is 8. The van der Waals surface area contributed by atoms with E-state index in [1.807, 2.05) is 24.3 Å². The Morgan fingerprint density at radius 3 is 2.80 bits per heavy atom. The van der Waals surface area contributed by atoms with E-state index in [0.29, 0.717) is 6.04 Å². The number of likely N-dealkylation sites (N-methyl/N-ethyl adjacent to an activating group) is 1. The molecule has 4 heterocycles. The summed E-state index contributed by atoms with van der Waals surface area (Å²) in [6.45, 7) is 1.83. The highest BCUT2D eigenvalue weighted by Gasteiger charge is 2.33. The molecule has 1 aliphatic heterocycles. The van der Waals surface area contributed by atoms with Crippen molar-refractivity contribution < 1.29 is 0 Å². The van der Waals surface area contributed by atoms with Crippen molar-refractivity contribution in [3.63, 3.8) is 0 Å². The molecule has 0 spiro atoms. The molecule has 1 saturated heterocycles. The summed E-state index contributed by atoms with van der Waals surface area (Å²) in [5.41, 5.74) is 2.95. The third-order valence-electron chi connectivity index (χ3n) is 4.96. The summed E-state index contributed by atoms with van der Waals surface area (Å²) in [5, 5.41) is 12.4. The molecular weight excluding hydrogens is 316 g/mol. The van der Waals surface area contributed by atoms with E-state index in [0.717, 1.165) is 41.5 Å². The molecule has 25 heavy (non-hydrogen) atoms. The second-order valence-corrected chi connectivity index (χ2v) is 6.45. The molecule has 0 atom stereocenters. The van der Waals surface area contributed by atoms with E-state index in [1.165, 1.54) is 0 Å². The lowest BCUT2D eigenvalue weighted by Gasteiger charge is -2.44. The highest BCUT2D eigenvalue weighted by Crippen LogP contribution is 2.26. The fraction of sp³-hybridized carbons (Fsp3) is 0.294. The summed E-state index contributed by atoms with van der Waals surface area (Å²) in [7, 11) is 4.18. The number of hydrogen-bond acceptors (Lipinski definition) is 6. The van der Waals surface area contributed by atoms with Crippen LogP contribution in [0.3, 0.4) is 0 Å². The Kier molecular flexibility index (Phi) is 2.94. The van der Waals surface area contributed by atoms with Gasteiger partial charge >= 0.3 is 0 Å². The Bertz CT molecular complexity index is 1060. The van der Waals surface area contributed by atoms with Crippen molar-refractivity contribution >= 4 is 28.4 Å². The van der Waals surface area contributed by atoms with Gasteiger partial charge < -0.3 is 14.4 Å². The molecule has 126 valence electrons. The zero-order valence-electron chi connectivity index (χ0n) is 14.1. The smallest absolute Gasteiger partial charge is 0.206 e. The summed E-state index contributed by atoms with van der Waals surface area (Å²) in [6.07, 6.45) is 1.63. The third-order valence-corrected chi connectivity index (χ3v) is 4.96. The van der Waals surface area contributed by atoms with E-state index in [4.69, 9.17) is 4.98 Å². The first-order chi connectivity index (χ1) is 12.2. The van der Waals surface area contributed by atoms with Crippen molar-refractivity contribution in [3.8, 4) is 0 Å². The first-order valence-electron chi connectivity index (χ1n) is 8.27. The maximum Gasteiger partial charge on any atom is 0.206 e. The van der Waals surface area contributed by atoms with Gasteiger partial charge in [-0.05, 0) is 24.3 Å². The molecule has 1 fully saturated rings. The van der Waals surface area contributed by atoms with Gasteiger partial charge in [0.15, 0.2) is 5.65 Å². The van der Waals surface area contributed by atoms with Gasteiger partial charge in [-0.1, -0.05) is 12.1 Å². The molecule has 3 aromatic heterocycles. The van der Waals surface area contributed by atoms with Crippen molar-refractivity contribution in [2.45, 2.75) is 6.04 Å². The Hall–Kier alpha value is -3.16. The summed E-state index contributed by atoms with van der Waals surface area (Å²) in [6, 6.07) is 12.6. The fourth-order valence-corrected chi connectivity index (χ4v) is 3.39. The van der Waals surface area contributed by atoms with Crippen molar-refractivity contribution in [1.29, 1.82) is 0 Å². The summed E-state index contributed by atoms with van der Waals surface area (Å²) < 4.78 is 3.86. The van der Waals surface area contributed by atoms with Crippen molar-refractivity contribution in [1.82, 2.24) is 29.4 Å². The summed E-state index contributed by atoms with van der Waals surface area (Å²) >= 11 is 0. The minimum Gasteiger partial charge on any atom is -0.351 e. The highest BCUT2D eigenvalue weighted by atomic mass is 15.4. The van der Waals surface area contributed by atoms with E-state index in [-0.39, 0.29) is 0 Å². The minimum absolute atomic E-state index is 0.411. The Labute approximate surface area is 144 Å². The SMILES string of the molecule is CN(c1nc2ccccc2n1C)C1CN(c2ccc3nncn3n2)C1. The van der Waals surface area contributed by atoms with Gasteiger partial charge in [-0.15, -0.1) is 15.3 Å². The maximum atomic E-state index is 4.78. The number of hydrogen-bond donors (Lipinski definition) is 0. The number of aryl methyl sites for hydroxylation is 1. The monoisotopic (exact) mass is 334 g/mol. The maximum absolute atomic E-state index is 4.78. The van der Waals surface area contributed by atoms with Crippen LogP contribution in [0.4, 0.5) is 11.8 Å². The van der Waals surface area contributed by atoms with Gasteiger partial charge in [0.05, 0.1) is 17.1 Å². The first kappa shape index (κ1) is 14.2. The lowest BCUT2D eigenvalue weighted by molar-refractivity contribution is 0.481. The normalized spacial score (nSPS) is 15.0. The van der Waals surface area contributed by atoms with Gasteiger partial charge in [0.2, 0.25) is 5.95 Å². The average molecular weight is 334 g/mol. The molecule has 0 N–H and O–H groups in total. The predicted molar refractivity (Wildman–Crippen MR) is 95.9 cm³/mol. The number of imidazole rings is 1. The molecule has 0 saturated carbocycles. The Balaban J connectivity index is 1.36. The topological polar surface area (TPSA) is 67.4 Å². The van der Waals surface area contributed by atoms with E-state index in [9.17, 15) is 0 Å². The molecule has 5 rings (SSSR count).